The summed E-state index contributed by atoms with van der Waals surface area (Å²) in [6.45, 7) is 11.0. The van der Waals surface area contributed by atoms with Crippen LogP contribution in [0.1, 0.15) is 54.5 Å². The summed E-state index contributed by atoms with van der Waals surface area (Å²) in [6, 6.07) is 31.4. The SMILES string of the molecule is CCC1(CC)c2ccccc2-c2c1c1c(c3cc(N4CCOCC4)ccc23)OC(c2ccc(F)cc2)(c2ccc(N3CCOCC3)cc2)C=C1. The Labute approximate surface area is 293 Å². The molecule has 5 aromatic carbocycles. The summed E-state index contributed by atoms with van der Waals surface area (Å²) in [5, 5.41) is 2.30. The van der Waals surface area contributed by atoms with E-state index >= 15 is 0 Å². The van der Waals surface area contributed by atoms with Gasteiger partial charge < -0.3 is 24.0 Å². The van der Waals surface area contributed by atoms with E-state index in [9.17, 15) is 4.39 Å². The molecule has 2 saturated heterocycles. The summed E-state index contributed by atoms with van der Waals surface area (Å²) in [6.07, 6.45) is 6.49. The van der Waals surface area contributed by atoms with Gasteiger partial charge in [-0.05, 0) is 83.0 Å². The van der Waals surface area contributed by atoms with E-state index in [4.69, 9.17) is 14.2 Å². The molecule has 3 heterocycles. The van der Waals surface area contributed by atoms with E-state index in [0.29, 0.717) is 0 Å². The van der Waals surface area contributed by atoms with E-state index < -0.39 is 5.60 Å². The Bertz CT molecular complexity index is 2090. The number of ether oxygens (including phenoxy) is 3. The highest BCUT2D eigenvalue weighted by Gasteiger charge is 2.47. The zero-order valence-electron chi connectivity index (χ0n) is 28.9. The first-order chi connectivity index (χ1) is 24.6. The lowest BCUT2D eigenvalue weighted by molar-refractivity contribution is 0.122. The van der Waals surface area contributed by atoms with E-state index in [1.807, 2.05) is 12.1 Å². The molecule has 3 aliphatic heterocycles. The molecule has 0 N–H and O–H groups in total. The predicted molar refractivity (Wildman–Crippen MR) is 200 cm³/mol. The molecule has 1 unspecified atom stereocenters. The number of halogens is 1. The van der Waals surface area contributed by atoms with Crippen LogP contribution in [0, 0.1) is 5.82 Å². The highest BCUT2D eigenvalue weighted by atomic mass is 19.1. The molecule has 9 rings (SSSR count). The molecule has 0 aromatic heterocycles. The fourth-order valence-electron chi connectivity index (χ4n) is 9.08. The first kappa shape index (κ1) is 31.3. The zero-order valence-corrected chi connectivity index (χ0v) is 28.9. The molecular weight excluding hydrogens is 623 g/mol. The first-order valence-corrected chi connectivity index (χ1v) is 18.2. The second-order valence-corrected chi connectivity index (χ2v) is 14.0. The van der Waals surface area contributed by atoms with Crippen LogP contribution in [0.25, 0.3) is 28.0 Å². The standard InChI is InChI=1S/C44H43FN2O3/c1-3-43(4-2)39-8-6-5-7-36(39)40-35-18-17-34(47-23-27-49-28-24-47)29-38(35)42-37(41(40)43)19-20-44(50-42,30-9-13-32(45)14-10-30)31-11-15-33(16-12-31)46-21-25-48-26-22-46/h5-20,29H,3-4,21-28H2,1-2H3. The molecule has 6 heteroatoms. The van der Waals surface area contributed by atoms with Gasteiger partial charge in [0.25, 0.3) is 0 Å². The molecule has 0 spiro atoms. The van der Waals surface area contributed by atoms with Gasteiger partial charge in [-0.3, -0.25) is 0 Å². The zero-order chi connectivity index (χ0) is 33.9. The summed E-state index contributed by atoms with van der Waals surface area (Å²) < 4.78 is 33.4. The Hall–Kier alpha value is -4.65. The van der Waals surface area contributed by atoms with Crippen molar-refractivity contribution in [3.8, 4) is 16.9 Å². The quantitative estimate of drug-likeness (QED) is 0.181. The lowest BCUT2D eigenvalue weighted by Crippen LogP contribution is -2.37. The van der Waals surface area contributed by atoms with Crippen LogP contribution in [0.15, 0.2) is 97.1 Å². The van der Waals surface area contributed by atoms with Gasteiger partial charge in [-0.25, -0.2) is 4.39 Å². The number of morpholine rings is 2. The summed E-state index contributed by atoms with van der Waals surface area (Å²) >= 11 is 0. The fraction of sp³-hybridized carbons (Fsp3) is 0.318. The normalized spacial score (nSPS) is 20.7. The maximum atomic E-state index is 14.5. The molecule has 1 aliphatic carbocycles. The van der Waals surface area contributed by atoms with Crippen LogP contribution in [0.4, 0.5) is 15.8 Å². The van der Waals surface area contributed by atoms with Crippen LogP contribution in [0.3, 0.4) is 0 Å². The Morgan fingerprint density at radius 3 is 1.94 bits per heavy atom. The number of hydrogen-bond acceptors (Lipinski definition) is 5. The van der Waals surface area contributed by atoms with Gasteiger partial charge in [-0.15, -0.1) is 0 Å². The van der Waals surface area contributed by atoms with Crippen molar-refractivity contribution >= 4 is 28.2 Å². The monoisotopic (exact) mass is 666 g/mol. The minimum absolute atomic E-state index is 0.142. The van der Waals surface area contributed by atoms with Crippen LogP contribution in [-0.4, -0.2) is 52.6 Å². The number of rotatable bonds is 6. The van der Waals surface area contributed by atoms with E-state index in [0.717, 1.165) is 93.3 Å². The summed E-state index contributed by atoms with van der Waals surface area (Å²) in [5.41, 5.74) is 9.67. The maximum Gasteiger partial charge on any atom is 0.178 e. The molecular formula is C44H43FN2O3. The van der Waals surface area contributed by atoms with Crippen LogP contribution in [-0.2, 0) is 20.5 Å². The number of benzene rings is 5. The third-order valence-electron chi connectivity index (χ3n) is 11.7. The van der Waals surface area contributed by atoms with Gasteiger partial charge in [0.1, 0.15) is 11.6 Å². The van der Waals surface area contributed by atoms with E-state index in [1.54, 1.807) is 12.1 Å². The number of anilines is 2. The van der Waals surface area contributed by atoms with E-state index in [1.165, 1.54) is 39.0 Å². The molecule has 0 radical (unpaired) electrons. The van der Waals surface area contributed by atoms with Crippen molar-refractivity contribution in [3.05, 3.63) is 131 Å². The summed E-state index contributed by atoms with van der Waals surface area (Å²) in [7, 11) is 0. The average molecular weight is 667 g/mol. The Balaban J connectivity index is 1.29. The first-order valence-electron chi connectivity index (χ1n) is 18.2. The molecule has 1 atom stereocenters. The van der Waals surface area contributed by atoms with Crippen LogP contribution in [0.5, 0.6) is 5.75 Å². The second kappa shape index (κ2) is 12.3. The number of nitrogens with zero attached hydrogens (tertiary/aromatic N) is 2. The van der Waals surface area contributed by atoms with E-state index in [2.05, 4.69) is 103 Å². The van der Waals surface area contributed by atoms with Gasteiger partial charge in [0.2, 0.25) is 0 Å². The second-order valence-electron chi connectivity index (χ2n) is 14.0. The van der Waals surface area contributed by atoms with Gasteiger partial charge in [-0.2, -0.15) is 0 Å². The molecule has 254 valence electrons. The third-order valence-corrected chi connectivity index (χ3v) is 11.7. The van der Waals surface area contributed by atoms with Crippen molar-refractivity contribution in [2.24, 2.45) is 0 Å². The maximum absolute atomic E-state index is 14.5. The molecule has 0 saturated carbocycles. The van der Waals surface area contributed by atoms with Gasteiger partial charge >= 0.3 is 0 Å². The highest BCUT2D eigenvalue weighted by molar-refractivity contribution is 6.09. The highest BCUT2D eigenvalue weighted by Crippen LogP contribution is 2.60. The minimum Gasteiger partial charge on any atom is -0.472 e. The van der Waals surface area contributed by atoms with Crippen molar-refractivity contribution in [1.82, 2.24) is 0 Å². The largest absolute Gasteiger partial charge is 0.472 e. The Morgan fingerprint density at radius 2 is 1.28 bits per heavy atom. The molecule has 2 fully saturated rings. The third kappa shape index (κ3) is 4.72. The lowest BCUT2D eigenvalue weighted by atomic mass is 9.71. The molecule has 5 aromatic rings. The topological polar surface area (TPSA) is 34.2 Å². The summed E-state index contributed by atoms with van der Waals surface area (Å²) in [4.78, 5) is 4.77. The fourth-order valence-corrected chi connectivity index (χ4v) is 9.08. The Kier molecular flexibility index (Phi) is 7.70. The van der Waals surface area contributed by atoms with Crippen molar-refractivity contribution < 1.29 is 18.6 Å². The Morgan fingerprint density at radius 1 is 0.680 bits per heavy atom. The van der Waals surface area contributed by atoms with Gasteiger partial charge in [0, 0.05) is 65.0 Å². The molecule has 4 aliphatic rings. The van der Waals surface area contributed by atoms with Crippen molar-refractivity contribution in [2.45, 2.75) is 37.7 Å². The van der Waals surface area contributed by atoms with E-state index in [-0.39, 0.29) is 11.2 Å². The number of fused-ring (bicyclic) bond motifs is 8. The van der Waals surface area contributed by atoms with Crippen LogP contribution >= 0.6 is 0 Å². The molecule has 0 amide bonds. The van der Waals surface area contributed by atoms with Gasteiger partial charge in [0.15, 0.2) is 5.60 Å². The van der Waals surface area contributed by atoms with Crippen LogP contribution in [0.2, 0.25) is 0 Å². The van der Waals surface area contributed by atoms with Gasteiger partial charge in [-0.1, -0.05) is 74.5 Å². The molecule has 5 nitrogen and oxygen atoms in total. The number of hydrogen-bond donors (Lipinski definition) is 0. The summed E-state index contributed by atoms with van der Waals surface area (Å²) in [5.74, 6) is 0.621. The smallest absolute Gasteiger partial charge is 0.178 e. The lowest BCUT2D eigenvalue weighted by Gasteiger charge is -2.40. The molecule has 0 bridgehead atoms. The van der Waals surface area contributed by atoms with Crippen LogP contribution < -0.4 is 14.5 Å². The average Bonchev–Trinajstić information content (AvgIpc) is 3.49. The van der Waals surface area contributed by atoms with Crippen molar-refractivity contribution in [3.63, 3.8) is 0 Å². The van der Waals surface area contributed by atoms with Crippen molar-refractivity contribution in [2.75, 3.05) is 62.4 Å². The van der Waals surface area contributed by atoms with Crippen molar-refractivity contribution in [1.29, 1.82) is 0 Å². The van der Waals surface area contributed by atoms with Gasteiger partial charge in [0.05, 0.1) is 26.4 Å². The minimum atomic E-state index is -0.965. The predicted octanol–water partition coefficient (Wildman–Crippen LogP) is 9.09. The molecule has 50 heavy (non-hydrogen) atoms.